The van der Waals surface area contributed by atoms with Crippen LogP contribution in [0.4, 0.5) is 0 Å². The van der Waals surface area contributed by atoms with Crippen LogP contribution < -0.4 is 0 Å². The van der Waals surface area contributed by atoms with Crippen molar-refractivity contribution in [1.82, 2.24) is 9.88 Å². The number of carbonyl (C=O) groups excluding carboxylic acids is 2. The van der Waals surface area contributed by atoms with Crippen LogP contribution in [0.25, 0.3) is 10.6 Å². The Hall–Kier alpha value is -2.99. The first-order valence-corrected chi connectivity index (χ1v) is 9.87. The molecule has 2 aromatic carbocycles. The Morgan fingerprint density at radius 2 is 1.79 bits per heavy atom. The van der Waals surface area contributed by atoms with Gasteiger partial charge in [-0.3, -0.25) is 9.59 Å². The highest BCUT2D eigenvalue weighted by atomic mass is 32.1. The normalized spacial score (nSPS) is 10.5. The number of aromatic nitrogens is 1. The summed E-state index contributed by atoms with van der Waals surface area (Å²) in [6.07, 6.45) is 0.143. The van der Waals surface area contributed by atoms with E-state index < -0.39 is 0 Å². The Balaban J connectivity index is 1.79. The molecule has 144 valence electrons. The maximum absolute atomic E-state index is 13.1. The van der Waals surface area contributed by atoms with E-state index in [0.29, 0.717) is 12.2 Å². The van der Waals surface area contributed by atoms with Gasteiger partial charge in [-0.15, -0.1) is 11.3 Å². The standard InChI is InChI=1S/C22H22N2O3S/c1-16-8-10-18(11-9-16)21-23-19(15-28-21)22(26)24(13-12-20(25)27-2)14-17-6-4-3-5-7-17/h3-11,15H,12-14H2,1-2H3. The summed E-state index contributed by atoms with van der Waals surface area (Å²) in [4.78, 5) is 30.8. The van der Waals surface area contributed by atoms with Gasteiger partial charge in [0, 0.05) is 24.0 Å². The molecule has 3 aromatic rings. The molecule has 1 amide bonds. The summed E-state index contributed by atoms with van der Waals surface area (Å²) >= 11 is 1.44. The molecule has 0 aliphatic carbocycles. The second-order valence-corrected chi connectivity index (χ2v) is 7.30. The number of benzene rings is 2. The number of esters is 1. The maximum Gasteiger partial charge on any atom is 0.307 e. The van der Waals surface area contributed by atoms with Gasteiger partial charge in [-0.25, -0.2) is 4.98 Å². The van der Waals surface area contributed by atoms with Gasteiger partial charge in [0.25, 0.3) is 5.91 Å². The lowest BCUT2D eigenvalue weighted by Crippen LogP contribution is -2.33. The lowest BCUT2D eigenvalue weighted by Gasteiger charge is -2.21. The van der Waals surface area contributed by atoms with E-state index in [-0.39, 0.29) is 24.8 Å². The second kappa shape index (κ2) is 9.28. The molecule has 6 heteroatoms. The van der Waals surface area contributed by atoms with Crippen molar-refractivity contribution < 1.29 is 14.3 Å². The van der Waals surface area contributed by atoms with E-state index in [1.807, 2.05) is 61.5 Å². The van der Waals surface area contributed by atoms with Gasteiger partial charge in [0.05, 0.1) is 13.5 Å². The molecule has 0 unspecified atom stereocenters. The number of hydrogen-bond acceptors (Lipinski definition) is 5. The Bertz CT molecular complexity index is 936. The summed E-state index contributed by atoms with van der Waals surface area (Å²) in [5, 5.41) is 2.57. The van der Waals surface area contributed by atoms with Crippen LogP contribution in [0.1, 0.15) is 28.0 Å². The summed E-state index contributed by atoms with van der Waals surface area (Å²) in [5.74, 6) is -0.535. The van der Waals surface area contributed by atoms with E-state index in [0.717, 1.165) is 16.1 Å². The monoisotopic (exact) mass is 394 g/mol. The van der Waals surface area contributed by atoms with Crippen LogP contribution in [-0.4, -0.2) is 35.4 Å². The second-order valence-electron chi connectivity index (χ2n) is 6.44. The predicted molar refractivity (Wildman–Crippen MR) is 110 cm³/mol. The van der Waals surface area contributed by atoms with Crippen LogP contribution in [-0.2, 0) is 16.1 Å². The van der Waals surface area contributed by atoms with Crippen LogP contribution in [0, 0.1) is 6.92 Å². The summed E-state index contributed by atoms with van der Waals surface area (Å²) in [6.45, 7) is 2.72. The fourth-order valence-corrected chi connectivity index (χ4v) is 3.55. The molecule has 1 heterocycles. The number of methoxy groups -OCH3 is 1. The van der Waals surface area contributed by atoms with Crippen molar-refractivity contribution in [3.05, 3.63) is 76.8 Å². The minimum Gasteiger partial charge on any atom is -0.469 e. The minimum absolute atomic E-state index is 0.143. The van der Waals surface area contributed by atoms with Gasteiger partial charge >= 0.3 is 5.97 Å². The average Bonchev–Trinajstić information content (AvgIpc) is 3.21. The lowest BCUT2D eigenvalue weighted by atomic mass is 10.2. The van der Waals surface area contributed by atoms with Gasteiger partial charge in [-0.1, -0.05) is 60.2 Å². The molecule has 28 heavy (non-hydrogen) atoms. The summed E-state index contributed by atoms with van der Waals surface area (Å²) in [7, 11) is 1.35. The highest BCUT2D eigenvalue weighted by Gasteiger charge is 2.20. The number of hydrogen-bond donors (Lipinski definition) is 0. The fourth-order valence-electron chi connectivity index (χ4n) is 2.75. The molecule has 0 atom stereocenters. The molecule has 0 saturated heterocycles. The van der Waals surface area contributed by atoms with Crippen molar-refractivity contribution in [2.24, 2.45) is 0 Å². The van der Waals surface area contributed by atoms with Gasteiger partial charge in [0.15, 0.2) is 0 Å². The fraction of sp³-hybridized carbons (Fsp3) is 0.227. The Morgan fingerprint density at radius 1 is 1.07 bits per heavy atom. The Kier molecular flexibility index (Phi) is 6.55. The third kappa shape index (κ3) is 5.04. The van der Waals surface area contributed by atoms with E-state index >= 15 is 0 Å². The molecule has 0 aliphatic heterocycles. The topological polar surface area (TPSA) is 59.5 Å². The summed E-state index contributed by atoms with van der Waals surface area (Å²) < 4.78 is 4.72. The zero-order chi connectivity index (χ0) is 19.9. The number of thiazole rings is 1. The van der Waals surface area contributed by atoms with Crippen molar-refractivity contribution in [2.45, 2.75) is 19.9 Å². The molecule has 3 rings (SSSR count). The molecule has 0 radical (unpaired) electrons. The predicted octanol–water partition coefficient (Wildman–Crippen LogP) is 4.32. The highest BCUT2D eigenvalue weighted by Crippen LogP contribution is 2.25. The van der Waals surface area contributed by atoms with Crippen molar-refractivity contribution in [2.75, 3.05) is 13.7 Å². The number of carbonyl (C=O) groups is 2. The highest BCUT2D eigenvalue weighted by molar-refractivity contribution is 7.13. The van der Waals surface area contributed by atoms with Crippen LogP contribution in [0.5, 0.6) is 0 Å². The van der Waals surface area contributed by atoms with Gasteiger partial charge in [0.1, 0.15) is 10.7 Å². The summed E-state index contributed by atoms with van der Waals surface area (Å²) in [6, 6.07) is 17.7. The number of amides is 1. The van der Waals surface area contributed by atoms with Gasteiger partial charge in [-0.05, 0) is 12.5 Å². The molecule has 1 aromatic heterocycles. The van der Waals surface area contributed by atoms with Crippen LogP contribution in [0.2, 0.25) is 0 Å². The Morgan fingerprint density at radius 3 is 2.46 bits per heavy atom. The average molecular weight is 394 g/mol. The first kappa shape index (κ1) is 19.8. The minimum atomic E-state index is -0.343. The quantitative estimate of drug-likeness (QED) is 0.560. The van der Waals surface area contributed by atoms with Crippen LogP contribution in [0.3, 0.4) is 0 Å². The molecule has 0 aliphatic rings. The molecule has 0 spiro atoms. The van der Waals surface area contributed by atoms with Gasteiger partial charge in [0.2, 0.25) is 0 Å². The molecule has 5 nitrogen and oxygen atoms in total. The van der Waals surface area contributed by atoms with Gasteiger partial charge in [-0.2, -0.15) is 0 Å². The lowest BCUT2D eigenvalue weighted by molar-refractivity contribution is -0.140. The number of rotatable bonds is 7. The van der Waals surface area contributed by atoms with E-state index in [2.05, 4.69) is 4.98 Å². The van der Waals surface area contributed by atoms with Crippen LogP contribution in [0.15, 0.2) is 60.0 Å². The molecule has 0 fully saturated rings. The third-order valence-corrected chi connectivity index (χ3v) is 5.23. The molecule has 0 saturated carbocycles. The molecule has 0 bridgehead atoms. The zero-order valence-corrected chi connectivity index (χ0v) is 16.7. The SMILES string of the molecule is COC(=O)CCN(Cc1ccccc1)C(=O)c1csc(-c2ccc(C)cc2)n1. The van der Waals surface area contributed by atoms with E-state index in [4.69, 9.17) is 4.74 Å². The smallest absolute Gasteiger partial charge is 0.307 e. The van der Waals surface area contributed by atoms with E-state index in [9.17, 15) is 9.59 Å². The van der Waals surface area contributed by atoms with Gasteiger partial charge < -0.3 is 9.64 Å². The van der Waals surface area contributed by atoms with E-state index in [1.54, 1.807) is 10.3 Å². The van der Waals surface area contributed by atoms with Crippen molar-refractivity contribution >= 4 is 23.2 Å². The molecular formula is C22H22N2O3S. The zero-order valence-electron chi connectivity index (χ0n) is 15.9. The molecule has 0 N–H and O–H groups in total. The number of ether oxygens (including phenoxy) is 1. The maximum atomic E-state index is 13.1. The van der Waals surface area contributed by atoms with Crippen molar-refractivity contribution in [3.63, 3.8) is 0 Å². The summed E-state index contributed by atoms with van der Waals surface area (Å²) in [5.41, 5.74) is 3.54. The number of nitrogens with zero attached hydrogens (tertiary/aromatic N) is 2. The first-order chi connectivity index (χ1) is 13.6. The number of aryl methyl sites for hydroxylation is 1. The molecular weight excluding hydrogens is 372 g/mol. The Labute approximate surface area is 168 Å². The van der Waals surface area contributed by atoms with Crippen LogP contribution >= 0.6 is 11.3 Å². The first-order valence-electron chi connectivity index (χ1n) is 8.99. The van der Waals surface area contributed by atoms with Crippen molar-refractivity contribution in [1.29, 1.82) is 0 Å². The third-order valence-electron chi connectivity index (χ3n) is 4.34. The van der Waals surface area contributed by atoms with E-state index in [1.165, 1.54) is 24.0 Å². The largest absolute Gasteiger partial charge is 0.469 e. The van der Waals surface area contributed by atoms with Crippen molar-refractivity contribution in [3.8, 4) is 10.6 Å².